The van der Waals surface area contributed by atoms with Gasteiger partial charge in [-0.15, -0.1) is 0 Å². The van der Waals surface area contributed by atoms with Gasteiger partial charge in [0.15, 0.2) is 0 Å². The van der Waals surface area contributed by atoms with Gasteiger partial charge in [0.25, 0.3) is 0 Å². The van der Waals surface area contributed by atoms with Crippen molar-refractivity contribution in [2.45, 2.75) is 83.1 Å². The Morgan fingerprint density at radius 2 is 0.509 bits per heavy atom. The zero-order valence-corrected chi connectivity index (χ0v) is 36.0. The van der Waals surface area contributed by atoms with Crippen molar-refractivity contribution in [1.29, 1.82) is 0 Å². The molecule has 0 heterocycles. The summed E-state index contributed by atoms with van der Waals surface area (Å²) in [5.74, 6) is 1.77. The van der Waals surface area contributed by atoms with E-state index in [4.69, 9.17) is 37.9 Å². The third-order valence-corrected chi connectivity index (χ3v) is 8.85. The summed E-state index contributed by atoms with van der Waals surface area (Å²) in [5, 5.41) is 0. The van der Waals surface area contributed by atoms with Gasteiger partial charge in [0.2, 0.25) is 0 Å². The number of aliphatic imine (C=N–C) groups is 4. The molecule has 0 saturated heterocycles. The average Bonchev–Trinajstić information content (AvgIpc) is 3.11. The molecule has 0 aliphatic heterocycles. The summed E-state index contributed by atoms with van der Waals surface area (Å²) in [7, 11) is 0. The quantitative estimate of drug-likeness (QED) is 0.0520. The molecule has 0 aliphatic rings. The molecule has 0 atom stereocenters. The Morgan fingerprint density at radius 3 is 0.698 bits per heavy atom. The van der Waals surface area contributed by atoms with E-state index in [2.05, 4.69) is 103 Å². The van der Waals surface area contributed by atoms with E-state index in [-0.39, 0.29) is 0 Å². The Morgan fingerprint density at radius 1 is 0.321 bits per heavy atom. The summed E-state index contributed by atoms with van der Waals surface area (Å²) in [6, 6.07) is 0. The third-order valence-electron chi connectivity index (χ3n) is 8.85. The van der Waals surface area contributed by atoms with E-state index < -0.39 is 5.41 Å². The standard InChI is InChI=1S/C41H80N4O8/c1-33(2)37(9)42-13-17-46-21-25-50-29-41(30-51-26-22-47-18-14-43-38(10)34(3)4,31-52-27-23-48-19-15-44-39(11)35(5)6)32-53-28-24-49-20-16-45-40(12)36(7)8/h33-36H,13-32H2,1-12H3/b42-37+,43-38+,44-39+,45-40+. The predicted molar refractivity (Wildman–Crippen MR) is 220 cm³/mol. The van der Waals surface area contributed by atoms with Crippen LogP contribution in [0.25, 0.3) is 0 Å². The molecule has 0 spiro atoms. The van der Waals surface area contributed by atoms with Crippen LogP contribution in [0.1, 0.15) is 83.1 Å². The molecule has 53 heavy (non-hydrogen) atoms. The van der Waals surface area contributed by atoms with Crippen LogP contribution in [-0.4, -0.2) is 155 Å². The van der Waals surface area contributed by atoms with Gasteiger partial charge >= 0.3 is 0 Å². The average molecular weight is 757 g/mol. The van der Waals surface area contributed by atoms with E-state index in [1.54, 1.807) is 0 Å². The molecule has 0 unspecified atom stereocenters. The van der Waals surface area contributed by atoms with Gasteiger partial charge in [0.05, 0.1) is 137 Å². The summed E-state index contributed by atoms with van der Waals surface area (Å²) in [4.78, 5) is 18.3. The zero-order chi connectivity index (χ0) is 39.7. The van der Waals surface area contributed by atoms with Crippen LogP contribution in [-0.2, 0) is 37.9 Å². The van der Waals surface area contributed by atoms with Crippen molar-refractivity contribution in [2.24, 2.45) is 49.1 Å². The summed E-state index contributed by atoms with van der Waals surface area (Å²) >= 11 is 0. The van der Waals surface area contributed by atoms with Gasteiger partial charge in [-0.25, -0.2) is 0 Å². The van der Waals surface area contributed by atoms with Gasteiger partial charge in [-0.2, -0.15) is 0 Å². The van der Waals surface area contributed by atoms with Crippen LogP contribution in [0.4, 0.5) is 0 Å². The fourth-order valence-corrected chi connectivity index (χ4v) is 4.16. The van der Waals surface area contributed by atoms with E-state index in [1.807, 2.05) is 0 Å². The van der Waals surface area contributed by atoms with Crippen LogP contribution >= 0.6 is 0 Å². The van der Waals surface area contributed by atoms with Crippen molar-refractivity contribution in [2.75, 3.05) is 132 Å². The van der Waals surface area contributed by atoms with E-state index >= 15 is 0 Å². The smallest absolute Gasteiger partial charge is 0.0701 e. The first-order valence-electron chi connectivity index (χ1n) is 20.0. The number of hydrogen-bond donors (Lipinski definition) is 0. The molecule has 0 aliphatic carbocycles. The molecule has 12 heteroatoms. The minimum absolute atomic E-state index is 0.374. The first-order chi connectivity index (χ1) is 25.3. The summed E-state index contributed by atoms with van der Waals surface area (Å²) < 4.78 is 47.9. The highest BCUT2D eigenvalue weighted by atomic mass is 16.6. The lowest BCUT2D eigenvalue weighted by atomic mass is 9.92. The van der Waals surface area contributed by atoms with Crippen LogP contribution in [0, 0.1) is 29.1 Å². The fourth-order valence-electron chi connectivity index (χ4n) is 4.16. The molecular formula is C41H80N4O8. The Labute approximate surface area is 324 Å². The zero-order valence-electron chi connectivity index (χ0n) is 36.0. The first-order valence-corrected chi connectivity index (χ1v) is 20.0. The normalized spacial score (nSPS) is 13.9. The molecule has 0 N–H and O–H groups in total. The molecule has 0 aromatic rings. The predicted octanol–water partition coefficient (Wildman–Crippen LogP) is 6.57. The Balaban J connectivity index is 5.26. The highest BCUT2D eigenvalue weighted by Crippen LogP contribution is 2.21. The molecule has 0 bridgehead atoms. The van der Waals surface area contributed by atoms with Gasteiger partial charge in [-0.1, -0.05) is 55.4 Å². The maximum Gasteiger partial charge on any atom is 0.0701 e. The second-order valence-corrected chi connectivity index (χ2v) is 14.9. The summed E-state index contributed by atoms with van der Waals surface area (Å²) in [5.41, 5.74) is 3.98. The van der Waals surface area contributed by atoms with Crippen molar-refractivity contribution in [3.8, 4) is 0 Å². The number of ether oxygens (including phenoxy) is 8. The molecule has 0 radical (unpaired) electrons. The van der Waals surface area contributed by atoms with Crippen LogP contribution in [0.15, 0.2) is 20.0 Å². The van der Waals surface area contributed by atoms with E-state index in [1.165, 1.54) is 0 Å². The fraction of sp³-hybridized carbons (Fsp3) is 0.902. The molecule has 0 aromatic heterocycles. The van der Waals surface area contributed by atoms with Crippen LogP contribution in [0.2, 0.25) is 0 Å². The number of hydrogen-bond acceptors (Lipinski definition) is 12. The molecule has 0 amide bonds. The number of rotatable bonds is 36. The minimum Gasteiger partial charge on any atom is -0.378 e. The second kappa shape index (κ2) is 33.7. The Hall–Kier alpha value is -1.64. The SMILES string of the molecule is C/C(=N\CCOCCOCC(COCCOCC/N=C(\C)C(C)C)(COCCOCC/N=C(\C)C(C)C)COCCOCC/N=C(\C)C(C)C)C(C)C. The Bertz CT molecular complexity index is 841. The molecule has 12 nitrogen and oxygen atoms in total. The van der Waals surface area contributed by atoms with Crippen molar-refractivity contribution in [1.82, 2.24) is 0 Å². The highest BCUT2D eigenvalue weighted by Gasteiger charge is 2.32. The lowest BCUT2D eigenvalue weighted by Crippen LogP contribution is -2.43. The Kier molecular flexibility index (Phi) is 32.6. The third kappa shape index (κ3) is 30.3. The first kappa shape index (κ1) is 51.4. The molecule has 312 valence electrons. The van der Waals surface area contributed by atoms with Gasteiger partial charge in [-0.05, 0) is 51.4 Å². The number of nitrogens with zero attached hydrogens (tertiary/aromatic N) is 4. The van der Waals surface area contributed by atoms with Crippen LogP contribution in [0.3, 0.4) is 0 Å². The lowest BCUT2D eigenvalue weighted by Gasteiger charge is -2.33. The van der Waals surface area contributed by atoms with E-state index in [9.17, 15) is 0 Å². The topological polar surface area (TPSA) is 123 Å². The van der Waals surface area contributed by atoms with E-state index in [0.717, 1.165) is 22.8 Å². The maximum absolute atomic E-state index is 6.18. The largest absolute Gasteiger partial charge is 0.378 e. The van der Waals surface area contributed by atoms with Gasteiger partial charge in [-0.3, -0.25) is 20.0 Å². The highest BCUT2D eigenvalue weighted by molar-refractivity contribution is 5.84. The summed E-state index contributed by atoms with van der Waals surface area (Å²) in [6.45, 7) is 35.3. The second-order valence-electron chi connectivity index (χ2n) is 14.9. The monoisotopic (exact) mass is 757 g/mol. The molecule has 0 aromatic carbocycles. The van der Waals surface area contributed by atoms with Crippen molar-refractivity contribution < 1.29 is 37.9 Å². The lowest BCUT2D eigenvalue weighted by molar-refractivity contribution is -0.121. The molecule has 0 fully saturated rings. The molecule has 0 saturated carbocycles. The molecule has 0 rings (SSSR count). The van der Waals surface area contributed by atoms with Crippen molar-refractivity contribution in [3.05, 3.63) is 0 Å². The van der Waals surface area contributed by atoms with E-state index in [0.29, 0.717) is 156 Å². The maximum atomic E-state index is 6.18. The van der Waals surface area contributed by atoms with Crippen molar-refractivity contribution in [3.63, 3.8) is 0 Å². The van der Waals surface area contributed by atoms with Crippen LogP contribution < -0.4 is 0 Å². The van der Waals surface area contributed by atoms with Crippen molar-refractivity contribution >= 4 is 22.8 Å². The van der Waals surface area contributed by atoms with Gasteiger partial charge in [0.1, 0.15) is 0 Å². The van der Waals surface area contributed by atoms with Gasteiger partial charge < -0.3 is 37.9 Å². The molecular weight excluding hydrogens is 676 g/mol. The van der Waals surface area contributed by atoms with Gasteiger partial charge in [0, 0.05) is 22.8 Å². The summed E-state index contributed by atoms with van der Waals surface area (Å²) in [6.07, 6.45) is 0. The minimum atomic E-state index is -0.561. The van der Waals surface area contributed by atoms with Crippen LogP contribution in [0.5, 0.6) is 0 Å².